The van der Waals surface area contributed by atoms with Crippen LogP contribution in [-0.2, 0) is 16.1 Å². The molecule has 0 aromatic heterocycles. The highest BCUT2D eigenvalue weighted by Crippen LogP contribution is 2.24. The molecule has 4 nitrogen and oxygen atoms in total. The van der Waals surface area contributed by atoms with Gasteiger partial charge in [0.1, 0.15) is 5.60 Å². The van der Waals surface area contributed by atoms with Crippen LogP contribution in [0.4, 0.5) is 0 Å². The first-order chi connectivity index (χ1) is 10.3. The Morgan fingerprint density at radius 1 is 1.36 bits per heavy atom. The molecule has 0 saturated carbocycles. The highest BCUT2D eigenvalue weighted by molar-refractivity contribution is 5.70. The average molecular weight is 305 g/mol. The predicted octanol–water partition coefficient (Wildman–Crippen LogP) is 2.74. The standard InChI is InChI=1S/C18H27NO3/c1-18(2,3)22-17(21)12-16(20)15-10-7-11-19(15)13-14-8-5-4-6-9-14/h4-6,8-9,15-16,20H,7,10-13H2,1-3H3/t15-,16+/m0/s1. The molecule has 0 radical (unpaired) electrons. The van der Waals surface area contributed by atoms with E-state index >= 15 is 0 Å². The monoisotopic (exact) mass is 305 g/mol. The third-order valence-corrected chi connectivity index (χ3v) is 3.88. The molecule has 22 heavy (non-hydrogen) atoms. The summed E-state index contributed by atoms with van der Waals surface area (Å²) in [5.74, 6) is -0.327. The molecule has 0 bridgehead atoms. The fraction of sp³-hybridized carbons (Fsp3) is 0.611. The molecule has 4 heteroatoms. The first-order valence-corrected chi connectivity index (χ1v) is 8.03. The number of hydrogen-bond donors (Lipinski definition) is 1. The Bertz CT molecular complexity index is 481. The molecule has 0 amide bonds. The van der Waals surface area contributed by atoms with Crippen LogP contribution in [0.2, 0.25) is 0 Å². The highest BCUT2D eigenvalue weighted by atomic mass is 16.6. The second-order valence-electron chi connectivity index (χ2n) is 7.02. The molecule has 1 aromatic rings. The molecule has 2 atom stereocenters. The van der Waals surface area contributed by atoms with Gasteiger partial charge < -0.3 is 9.84 Å². The molecule has 1 aliphatic heterocycles. The number of likely N-dealkylation sites (tertiary alicyclic amines) is 1. The minimum atomic E-state index is -0.666. The quantitative estimate of drug-likeness (QED) is 0.850. The largest absolute Gasteiger partial charge is 0.460 e. The fourth-order valence-corrected chi connectivity index (χ4v) is 2.99. The van der Waals surface area contributed by atoms with Crippen molar-refractivity contribution in [2.45, 2.75) is 64.3 Å². The molecule has 1 aromatic carbocycles. The van der Waals surface area contributed by atoms with Gasteiger partial charge in [0.15, 0.2) is 0 Å². The van der Waals surface area contributed by atoms with Gasteiger partial charge in [-0.3, -0.25) is 9.69 Å². The Labute approximate surface area is 133 Å². The maximum Gasteiger partial charge on any atom is 0.308 e. The van der Waals surface area contributed by atoms with E-state index in [9.17, 15) is 9.90 Å². The van der Waals surface area contributed by atoms with E-state index in [4.69, 9.17) is 4.74 Å². The van der Waals surface area contributed by atoms with Gasteiger partial charge in [-0.05, 0) is 45.7 Å². The second kappa shape index (κ2) is 7.25. The van der Waals surface area contributed by atoms with Gasteiger partial charge in [0.05, 0.1) is 12.5 Å². The van der Waals surface area contributed by atoms with Crippen LogP contribution >= 0.6 is 0 Å². The number of aliphatic hydroxyl groups is 1. The van der Waals surface area contributed by atoms with E-state index in [2.05, 4.69) is 17.0 Å². The van der Waals surface area contributed by atoms with Crippen LogP contribution in [0.3, 0.4) is 0 Å². The summed E-state index contributed by atoms with van der Waals surface area (Å²) < 4.78 is 5.30. The van der Waals surface area contributed by atoms with Gasteiger partial charge in [-0.2, -0.15) is 0 Å². The maximum absolute atomic E-state index is 11.9. The number of nitrogens with zero attached hydrogens (tertiary/aromatic N) is 1. The summed E-state index contributed by atoms with van der Waals surface area (Å²) >= 11 is 0. The molecule has 1 fully saturated rings. The topological polar surface area (TPSA) is 49.8 Å². The predicted molar refractivity (Wildman–Crippen MR) is 86.3 cm³/mol. The zero-order valence-electron chi connectivity index (χ0n) is 13.8. The lowest BCUT2D eigenvalue weighted by Gasteiger charge is -2.29. The van der Waals surface area contributed by atoms with Gasteiger partial charge in [0, 0.05) is 12.6 Å². The van der Waals surface area contributed by atoms with Crippen molar-refractivity contribution in [1.82, 2.24) is 4.90 Å². The zero-order chi connectivity index (χ0) is 16.2. The van der Waals surface area contributed by atoms with Crippen molar-refractivity contribution < 1.29 is 14.6 Å². The smallest absolute Gasteiger partial charge is 0.308 e. The van der Waals surface area contributed by atoms with Crippen molar-refractivity contribution in [2.75, 3.05) is 6.54 Å². The van der Waals surface area contributed by atoms with E-state index in [1.165, 1.54) is 5.56 Å². The van der Waals surface area contributed by atoms with Gasteiger partial charge in [0.25, 0.3) is 0 Å². The van der Waals surface area contributed by atoms with E-state index < -0.39 is 11.7 Å². The number of carbonyl (C=O) groups excluding carboxylic acids is 1. The lowest BCUT2D eigenvalue weighted by molar-refractivity contribution is -0.157. The van der Waals surface area contributed by atoms with Crippen molar-refractivity contribution in [3.8, 4) is 0 Å². The summed E-state index contributed by atoms with van der Waals surface area (Å²) in [5.41, 5.74) is 0.731. The molecule has 1 heterocycles. The third kappa shape index (κ3) is 5.11. The molecular weight excluding hydrogens is 278 g/mol. The van der Waals surface area contributed by atoms with Crippen molar-refractivity contribution in [3.63, 3.8) is 0 Å². The minimum Gasteiger partial charge on any atom is -0.460 e. The summed E-state index contributed by atoms with van der Waals surface area (Å²) in [5, 5.41) is 10.4. The molecule has 0 unspecified atom stereocenters. The number of hydrogen-bond acceptors (Lipinski definition) is 4. The zero-order valence-corrected chi connectivity index (χ0v) is 13.8. The van der Waals surface area contributed by atoms with Gasteiger partial charge >= 0.3 is 5.97 Å². The van der Waals surface area contributed by atoms with E-state index in [1.54, 1.807) is 0 Å². The lowest BCUT2D eigenvalue weighted by atomic mass is 10.0. The second-order valence-corrected chi connectivity index (χ2v) is 7.02. The van der Waals surface area contributed by atoms with E-state index in [0.29, 0.717) is 0 Å². The fourth-order valence-electron chi connectivity index (χ4n) is 2.99. The Kier molecular flexibility index (Phi) is 5.59. The van der Waals surface area contributed by atoms with Gasteiger partial charge in [-0.1, -0.05) is 30.3 Å². The summed E-state index contributed by atoms with van der Waals surface area (Å²) in [7, 11) is 0. The molecule has 1 saturated heterocycles. The number of esters is 1. The van der Waals surface area contributed by atoms with Crippen LogP contribution in [0.1, 0.15) is 45.6 Å². The summed E-state index contributed by atoms with van der Waals surface area (Å²) in [6.45, 7) is 7.31. The Hall–Kier alpha value is -1.39. The first-order valence-electron chi connectivity index (χ1n) is 8.03. The van der Waals surface area contributed by atoms with Crippen molar-refractivity contribution >= 4 is 5.97 Å². The molecule has 0 spiro atoms. The molecule has 1 aliphatic rings. The molecule has 122 valence electrons. The van der Waals surface area contributed by atoms with Crippen molar-refractivity contribution in [2.24, 2.45) is 0 Å². The van der Waals surface area contributed by atoms with E-state index in [-0.39, 0.29) is 18.4 Å². The molecule has 2 rings (SSSR count). The third-order valence-electron chi connectivity index (χ3n) is 3.88. The number of benzene rings is 1. The van der Waals surface area contributed by atoms with Crippen molar-refractivity contribution in [3.05, 3.63) is 35.9 Å². The van der Waals surface area contributed by atoms with Crippen LogP contribution in [0, 0.1) is 0 Å². The van der Waals surface area contributed by atoms with Crippen LogP contribution in [0.25, 0.3) is 0 Å². The number of carbonyl (C=O) groups is 1. The van der Waals surface area contributed by atoms with Crippen LogP contribution in [-0.4, -0.2) is 40.3 Å². The maximum atomic E-state index is 11.9. The lowest BCUT2D eigenvalue weighted by Crippen LogP contribution is -2.40. The van der Waals surface area contributed by atoms with Crippen molar-refractivity contribution in [1.29, 1.82) is 0 Å². The summed E-state index contributed by atoms with van der Waals surface area (Å²) in [6.07, 6.45) is 1.38. The summed E-state index contributed by atoms with van der Waals surface area (Å²) in [6, 6.07) is 10.3. The normalized spacial score (nSPS) is 20.8. The van der Waals surface area contributed by atoms with Gasteiger partial charge in [-0.25, -0.2) is 0 Å². The number of aliphatic hydroxyl groups excluding tert-OH is 1. The number of ether oxygens (including phenoxy) is 1. The van der Waals surface area contributed by atoms with E-state index in [1.807, 2.05) is 39.0 Å². The van der Waals surface area contributed by atoms with Gasteiger partial charge in [0.2, 0.25) is 0 Å². The Morgan fingerprint density at radius 3 is 2.68 bits per heavy atom. The Morgan fingerprint density at radius 2 is 2.05 bits per heavy atom. The van der Waals surface area contributed by atoms with Crippen LogP contribution in [0.5, 0.6) is 0 Å². The minimum absolute atomic E-state index is 0.0349. The molecule has 1 N–H and O–H groups in total. The summed E-state index contributed by atoms with van der Waals surface area (Å²) in [4.78, 5) is 14.2. The molecular formula is C18H27NO3. The van der Waals surface area contributed by atoms with Gasteiger partial charge in [-0.15, -0.1) is 0 Å². The highest BCUT2D eigenvalue weighted by Gasteiger charge is 2.32. The van der Waals surface area contributed by atoms with E-state index in [0.717, 1.165) is 25.9 Å². The van der Waals surface area contributed by atoms with Crippen LogP contribution in [0.15, 0.2) is 30.3 Å². The number of rotatable bonds is 5. The Balaban J connectivity index is 1.91. The average Bonchev–Trinajstić information content (AvgIpc) is 2.85. The molecule has 0 aliphatic carbocycles. The van der Waals surface area contributed by atoms with Crippen LogP contribution < -0.4 is 0 Å². The first kappa shape index (κ1) is 17.0. The SMILES string of the molecule is CC(C)(C)OC(=O)C[C@@H](O)[C@@H]1CCCN1Cc1ccccc1.